The number of nitrogens with zero attached hydrogens (tertiary/aromatic N) is 4. The van der Waals surface area contributed by atoms with E-state index in [9.17, 15) is 13.2 Å². The van der Waals surface area contributed by atoms with Gasteiger partial charge >= 0.3 is 16.2 Å². The van der Waals surface area contributed by atoms with Crippen molar-refractivity contribution in [3.63, 3.8) is 0 Å². The minimum atomic E-state index is -4.23. The molecule has 5 rings (SSSR count). The smallest absolute Gasteiger partial charge is 0.334 e. The minimum Gasteiger partial charge on any atom is -0.381 e. The number of fused-ring (bicyclic) bond motifs is 2. The molecular weight excluding hydrogens is 455 g/mol. The molecular formula is C21H28N6NaO4S. The average molecular weight is 484 g/mol. The summed E-state index contributed by atoms with van der Waals surface area (Å²) in [6, 6.07) is 1.12. The summed E-state index contributed by atoms with van der Waals surface area (Å²) in [5.41, 5.74) is 5.63. The predicted molar refractivity (Wildman–Crippen MR) is 125 cm³/mol. The van der Waals surface area contributed by atoms with Gasteiger partial charge in [0.25, 0.3) is 5.95 Å². The fourth-order valence-electron chi connectivity index (χ4n) is 5.09. The third-order valence-electron chi connectivity index (χ3n) is 6.50. The van der Waals surface area contributed by atoms with Gasteiger partial charge in [-0.1, -0.05) is 6.07 Å². The van der Waals surface area contributed by atoms with Crippen LogP contribution in [0.3, 0.4) is 0 Å². The van der Waals surface area contributed by atoms with Crippen LogP contribution < -0.4 is 14.3 Å². The van der Waals surface area contributed by atoms with Gasteiger partial charge in [-0.05, 0) is 73.6 Å². The Hall–Kier alpha value is -1.66. The van der Waals surface area contributed by atoms with Gasteiger partial charge in [-0.2, -0.15) is 13.4 Å². The maximum absolute atomic E-state index is 13.3. The van der Waals surface area contributed by atoms with Crippen LogP contribution in [-0.2, 0) is 47.7 Å². The van der Waals surface area contributed by atoms with E-state index in [4.69, 9.17) is 4.74 Å². The summed E-state index contributed by atoms with van der Waals surface area (Å²) in [6.07, 6.45) is 8.34. The van der Waals surface area contributed by atoms with Gasteiger partial charge in [0.1, 0.15) is 6.33 Å². The first kappa shape index (κ1) is 24.5. The number of amides is 2. The van der Waals surface area contributed by atoms with Gasteiger partial charge in [-0.25, -0.2) is 13.8 Å². The number of ether oxygens (including phenoxy) is 1. The van der Waals surface area contributed by atoms with Crippen molar-refractivity contribution in [1.82, 2.24) is 19.5 Å². The first-order valence-corrected chi connectivity index (χ1v) is 12.6. The van der Waals surface area contributed by atoms with Crippen molar-refractivity contribution >= 4 is 57.4 Å². The molecule has 2 N–H and O–H groups in total. The van der Waals surface area contributed by atoms with E-state index >= 15 is 0 Å². The number of rotatable bonds is 5. The molecule has 0 spiro atoms. The molecule has 12 heteroatoms. The molecule has 10 nitrogen and oxygen atoms in total. The molecule has 0 bridgehead atoms. The number of urea groups is 1. The summed E-state index contributed by atoms with van der Waals surface area (Å²) in [5, 5.41) is 7.06. The Labute approximate surface area is 215 Å². The van der Waals surface area contributed by atoms with E-state index in [1.165, 1.54) is 22.1 Å². The standard InChI is InChI=1S/C21H28N6O4S.Na/c1-26-13-22-20(24-26)27(16-8-10-31-11-9-16)32(29,30)25-21(28)23-19-17-6-2-4-14(17)12-15-5-3-7-18(15)19;/h12-13,16H,2-11H2,1H3,(H2,23,25,28);. The average Bonchev–Trinajstić information content (AvgIpc) is 3.49. The second kappa shape index (κ2) is 9.91. The molecule has 1 aromatic carbocycles. The Morgan fingerprint density at radius 1 is 1.12 bits per heavy atom. The van der Waals surface area contributed by atoms with Gasteiger partial charge in [0.05, 0.1) is 6.04 Å². The fraction of sp³-hybridized carbons (Fsp3) is 0.571. The van der Waals surface area contributed by atoms with Crippen LogP contribution in [0.25, 0.3) is 0 Å². The first-order chi connectivity index (χ1) is 15.4. The normalized spacial score (nSPS) is 17.7. The van der Waals surface area contributed by atoms with Gasteiger partial charge in [0.2, 0.25) is 0 Å². The second-order valence-electron chi connectivity index (χ2n) is 8.65. The van der Waals surface area contributed by atoms with E-state index in [-0.39, 0.29) is 41.5 Å². The van der Waals surface area contributed by atoms with E-state index < -0.39 is 16.2 Å². The Morgan fingerprint density at radius 2 is 1.76 bits per heavy atom. The van der Waals surface area contributed by atoms with Crippen molar-refractivity contribution < 1.29 is 17.9 Å². The summed E-state index contributed by atoms with van der Waals surface area (Å²) in [5.74, 6) is 0.0428. The van der Waals surface area contributed by atoms with Gasteiger partial charge in [-0.3, -0.25) is 4.68 Å². The summed E-state index contributed by atoms with van der Waals surface area (Å²) < 4.78 is 36.8. The third-order valence-corrected chi connectivity index (χ3v) is 7.92. The summed E-state index contributed by atoms with van der Waals surface area (Å²) in [4.78, 5) is 17.1. The summed E-state index contributed by atoms with van der Waals surface area (Å²) >= 11 is 0. The number of aromatic nitrogens is 3. The van der Waals surface area contributed by atoms with Crippen molar-refractivity contribution in [3.8, 4) is 0 Å². The van der Waals surface area contributed by atoms with E-state index in [0.29, 0.717) is 26.1 Å². The summed E-state index contributed by atoms with van der Waals surface area (Å²) in [7, 11) is -2.56. The monoisotopic (exact) mass is 483 g/mol. The zero-order valence-corrected chi connectivity index (χ0v) is 21.9. The van der Waals surface area contributed by atoms with Crippen molar-refractivity contribution in [2.75, 3.05) is 22.8 Å². The second-order valence-corrected chi connectivity index (χ2v) is 10.2. The molecule has 0 unspecified atom stereocenters. The van der Waals surface area contributed by atoms with Crippen LogP contribution in [0.5, 0.6) is 0 Å². The van der Waals surface area contributed by atoms with Crippen LogP contribution in [-0.4, -0.2) is 78.0 Å². The molecule has 1 radical (unpaired) electrons. The number of hydrogen-bond donors (Lipinski definition) is 2. The maximum Gasteiger partial charge on any atom is 0.334 e. The van der Waals surface area contributed by atoms with Gasteiger partial charge in [-0.15, -0.1) is 5.10 Å². The number of anilines is 2. The molecule has 2 amide bonds. The fourth-order valence-corrected chi connectivity index (χ4v) is 6.37. The zero-order chi connectivity index (χ0) is 22.3. The van der Waals surface area contributed by atoms with Crippen molar-refractivity contribution in [2.45, 2.75) is 57.4 Å². The minimum absolute atomic E-state index is 0. The van der Waals surface area contributed by atoms with Crippen LogP contribution in [0.1, 0.15) is 47.9 Å². The molecule has 1 aromatic heterocycles. The van der Waals surface area contributed by atoms with Gasteiger partial charge in [0, 0.05) is 55.5 Å². The van der Waals surface area contributed by atoms with Crippen molar-refractivity contribution in [2.24, 2.45) is 7.05 Å². The largest absolute Gasteiger partial charge is 0.381 e. The maximum atomic E-state index is 13.3. The SMILES string of the molecule is Cn1cnc(N(C2CCOCC2)S(=O)(=O)NC(=O)Nc2c3c(cc4c2CCC4)CCC3)n1.[Na]. The predicted octanol–water partition coefficient (Wildman–Crippen LogP) is 1.46. The molecule has 2 aromatic rings. The molecule has 3 aliphatic rings. The Balaban J connectivity index is 0.00000259. The molecule has 0 atom stereocenters. The van der Waals surface area contributed by atoms with Gasteiger partial charge in [0.15, 0.2) is 0 Å². The zero-order valence-electron chi connectivity index (χ0n) is 19.1. The number of carbonyl (C=O) groups excluding carboxylic acids is 1. The van der Waals surface area contributed by atoms with Gasteiger partial charge < -0.3 is 10.1 Å². The molecule has 173 valence electrons. The molecule has 2 aliphatic carbocycles. The first-order valence-electron chi connectivity index (χ1n) is 11.2. The van der Waals surface area contributed by atoms with Crippen LogP contribution >= 0.6 is 0 Å². The quantitative estimate of drug-likeness (QED) is 0.622. The Kier molecular flexibility index (Phi) is 7.35. The van der Waals surface area contributed by atoms with Crippen molar-refractivity contribution in [3.05, 3.63) is 34.6 Å². The molecule has 2 heterocycles. The van der Waals surface area contributed by atoms with Crippen LogP contribution in [0, 0.1) is 0 Å². The Morgan fingerprint density at radius 3 is 2.33 bits per heavy atom. The number of benzene rings is 1. The number of carbonyl (C=O) groups is 1. The van der Waals surface area contributed by atoms with E-state index in [1.807, 2.05) is 0 Å². The molecule has 1 saturated heterocycles. The molecule has 1 aliphatic heterocycles. The topological polar surface area (TPSA) is 118 Å². The van der Waals surface area contributed by atoms with E-state index in [0.717, 1.165) is 59.6 Å². The molecule has 0 saturated carbocycles. The van der Waals surface area contributed by atoms with Crippen LogP contribution in [0.15, 0.2) is 12.4 Å². The van der Waals surface area contributed by atoms with E-state index in [1.54, 1.807) is 7.05 Å². The third kappa shape index (κ3) is 4.93. The Bertz CT molecular complexity index is 1110. The number of hydrogen-bond acceptors (Lipinski definition) is 6. The van der Waals surface area contributed by atoms with Crippen molar-refractivity contribution in [1.29, 1.82) is 0 Å². The van der Waals surface area contributed by atoms with Crippen LogP contribution in [0.2, 0.25) is 0 Å². The van der Waals surface area contributed by atoms with E-state index in [2.05, 4.69) is 26.2 Å². The molecule has 33 heavy (non-hydrogen) atoms. The number of aryl methyl sites for hydroxylation is 3. The molecule has 1 fully saturated rings. The summed E-state index contributed by atoms with van der Waals surface area (Å²) in [6.45, 7) is 0.885. The number of nitrogens with one attached hydrogen (secondary N) is 2. The van der Waals surface area contributed by atoms with Crippen LogP contribution in [0.4, 0.5) is 16.4 Å².